The van der Waals surface area contributed by atoms with Gasteiger partial charge >= 0.3 is 0 Å². The molecular weight excluding hydrogens is 400 g/mol. The van der Waals surface area contributed by atoms with Crippen molar-refractivity contribution in [2.45, 2.75) is 18.9 Å². The number of likely N-dealkylation sites (tertiary alicyclic amines) is 1. The Balaban J connectivity index is 1.41. The van der Waals surface area contributed by atoms with Crippen LogP contribution in [0.1, 0.15) is 28.4 Å². The van der Waals surface area contributed by atoms with Gasteiger partial charge in [-0.15, -0.1) is 0 Å². The molecular formula is C26H22N4O2. The first-order valence-electron chi connectivity index (χ1n) is 11.0. The molecule has 6 nitrogen and oxygen atoms in total. The van der Waals surface area contributed by atoms with E-state index in [1.807, 2.05) is 64.1 Å². The summed E-state index contributed by atoms with van der Waals surface area (Å²) < 4.78 is 1.89. The summed E-state index contributed by atoms with van der Waals surface area (Å²) in [4.78, 5) is 37.0. The van der Waals surface area contributed by atoms with E-state index in [9.17, 15) is 9.59 Å². The Kier molecular flexibility index (Phi) is 4.38. The molecule has 1 saturated heterocycles. The van der Waals surface area contributed by atoms with E-state index < -0.39 is 0 Å². The average Bonchev–Trinajstić information content (AvgIpc) is 2.84. The molecule has 1 amide bonds. The fourth-order valence-corrected chi connectivity index (χ4v) is 5.26. The first kappa shape index (κ1) is 18.9. The van der Waals surface area contributed by atoms with Gasteiger partial charge in [0.05, 0.1) is 16.8 Å². The van der Waals surface area contributed by atoms with E-state index in [0.717, 1.165) is 34.3 Å². The van der Waals surface area contributed by atoms with E-state index >= 15 is 0 Å². The third-order valence-electron chi connectivity index (χ3n) is 6.69. The molecule has 0 radical (unpaired) electrons. The van der Waals surface area contributed by atoms with Crippen molar-refractivity contribution >= 4 is 16.8 Å². The molecule has 2 aliphatic heterocycles. The van der Waals surface area contributed by atoms with Crippen molar-refractivity contribution in [1.29, 1.82) is 0 Å². The second kappa shape index (κ2) is 7.41. The largest absolute Gasteiger partial charge is 0.338 e. The number of amides is 1. The van der Waals surface area contributed by atoms with Gasteiger partial charge in [0.15, 0.2) is 0 Å². The van der Waals surface area contributed by atoms with Crippen LogP contribution in [0.15, 0.2) is 77.9 Å². The number of fused-ring (bicyclic) bond motifs is 5. The second-order valence-corrected chi connectivity index (χ2v) is 8.72. The summed E-state index contributed by atoms with van der Waals surface area (Å²) >= 11 is 0. The van der Waals surface area contributed by atoms with Crippen molar-refractivity contribution < 1.29 is 4.79 Å². The van der Waals surface area contributed by atoms with Crippen molar-refractivity contribution in [3.8, 4) is 11.3 Å². The van der Waals surface area contributed by atoms with E-state index in [2.05, 4.69) is 4.98 Å². The number of piperidine rings is 1. The topological polar surface area (TPSA) is 68.1 Å². The molecule has 4 aromatic rings. The summed E-state index contributed by atoms with van der Waals surface area (Å²) in [5.74, 6) is 0.506. The maximum absolute atomic E-state index is 13.8. The van der Waals surface area contributed by atoms with Gasteiger partial charge in [0.1, 0.15) is 0 Å². The third-order valence-corrected chi connectivity index (χ3v) is 6.69. The Labute approximate surface area is 185 Å². The monoisotopic (exact) mass is 422 g/mol. The quantitative estimate of drug-likeness (QED) is 0.494. The van der Waals surface area contributed by atoms with Gasteiger partial charge in [-0.05, 0) is 42.7 Å². The zero-order valence-corrected chi connectivity index (χ0v) is 17.5. The van der Waals surface area contributed by atoms with Crippen LogP contribution in [0.2, 0.25) is 0 Å². The highest BCUT2D eigenvalue weighted by Gasteiger charge is 2.36. The van der Waals surface area contributed by atoms with Gasteiger partial charge in [0.2, 0.25) is 0 Å². The minimum atomic E-state index is 0.0281. The minimum absolute atomic E-state index is 0.0281. The Morgan fingerprint density at radius 1 is 0.938 bits per heavy atom. The highest BCUT2D eigenvalue weighted by molar-refractivity contribution is 6.07. The highest BCUT2D eigenvalue weighted by Crippen LogP contribution is 2.36. The number of nitrogens with zero attached hydrogens (tertiary/aromatic N) is 4. The molecule has 0 spiro atoms. The van der Waals surface area contributed by atoms with Crippen LogP contribution >= 0.6 is 0 Å². The number of aromatic nitrogens is 3. The van der Waals surface area contributed by atoms with Gasteiger partial charge in [0, 0.05) is 60.7 Å². The molecule has 0 saturated carbocycles. The minimum Gasteiger partial charge on any atom is -0.338 e. The van der Waals surface area contributed by atoms with Gasteiger partial charge in [-0.1, -0.05) is 24.3 Å². The molecule has 5 heterocycles. The van der Waals surface area contributed by atoms with Crippen molar-refractivity contribution in [2.75, 3.05) is 13.1 Å². The molecule has 2 bridgehead atoms. The molecule has 0 unspecified atom stereocenters. The van der Waals surface area contributed by atoms with Crippen LogP contribution in [0, 0.1) is 5.92 Å². The number of para-hydroxylation sites is 1. The highest BCUT2D eigenvalue weighted by atomic mass is 16.2. The number of carbonyl (C=O) groups is 1. The van der Waals surface area contributed by atoms with E-state index in [4.69, 9.17) is 4.98 Å². The van der Waals surface area contributed by atoms with Crippen LogP contribution in [-0.4, -0.2) is 38.4 Å². The summed E-state index contributed by atoms with van der Waals surface area (Å²) in [5, 5.41) is 0.864. The lowest BCUT2D eigenvalue weighted by atomic mass is 9.83. The van der Waals surface area contributed by atoms with E-state index in [-0.39, 0.29) is 23.3 Å². The van der Waals surface area contributed by atoms with E-state index in [1.165, 1.54) is 0 Å². The summed E-state index contributed by atoms with van der Waals surface area (Å²) in [5.41, 5.74) is 4.28. The van der Waals surface area contributed by atoms with Crippen LogP contribution in [0.3, 0.4) is 0 Å². The fraction of sp³-hybridized carbons (Fsp3) is 0.231. The van der Waals surface area contributed by atoms with Crippen molar-refractivity contribution in [3.05, 3.63) is 94.7 Å². The molecule has 6 rings (SSSR count). The smallest absolute Gasteiger partial charge is 0.254 e. The molecule has 3 aromatic heterocycles. The molecule has 0 aliphatic carbocycles. The number of benzene rings is 1. The second-order valence-electron chi connectivity index (χ2n) is 8.72. The lowest BCUT2D eigenvalue weighted by Crippen LogP contribution is -2.49. The average molecular weight is 422 g/mol. The summed E-state index contributed by atoms with van der Waals surface area (Å²) in [7, 11) is 0. The van der Waals surface area contributed by atoms with Crippen LogP contribution in [0.25, 0.3) is 22.2 Å². The van der Waals surface area contributed by atoms with Gasteiger partial charge in [-0.2, -0.15) is 0 Å². The number of pyridine rings is 3. The number of hydrogen-bond acceptors (Lipinski definition) is 4. The van der Waals surface area contributed by atoms with Crippen LogP contribution in [0.4, 0.5) is 0 Å². The van der Waals surface area contributed by atoms with E-state index in [1.54, 1.807) is 18.5 Å². The first-order chi connectivity index (χ1) is 15.7. The fourth-order valence-electron chi connectivity index (χ4n) is 5.26. The van der Waals surface area contributed by atoms with Crippen molar-refractivity contribution in [2.24, 2.45) is 5.92 Å². The van der Waals surface area contributed by atoms with Gasteiger partial charge < -0.3 is 9.47 Å². The molecule has 32 heavy (non-hydrogen) atoms. The van der Waals surface area contributed by atoms with Gasteiger partial charge in [-0.25, -0.2) is 4.98 Å². The zero-order valence-electron chi connectivity index (χ0n) is 17.5. The summed E-state index contributed by atoms with van der Waals surface area (Å²) in [6.45, 7) is 1.96. The standard InChI is InChI=1S/C26H22N4O2/c31-25-7-3-6-24-19-12-17(15-30(24)25)14-29(16-19)26(32)21-13-23(18-8-10-27-11-9-18)28-22-5-2-1-4-20(21)22/h1-11,13,17,19H,12,14-16H2/t17-,19+/m1/s1. The third kappa shape index (κ3) is 3.11. The molecule has 1 aromatic carbocycles. The molecule has 6 heteroatoms. The first-order valence-corrected chi connectivity index (χ1v) is 11.0. The van der Waals surface area contributed by atoms with Crippen LogP contribution < -0.4 is 5.56 Å². The maximum atomic E-state index is 13.8. The number of rotatable bonds is 2. The molecule has 2 atom stereocenters. The SMILES string of the molecule is O=C(c1cc(-c2ccncc2)nc2ccccc12)N1C[C@H]2C[C@@H](C1)c1cccc(=O)n1C2. The lowest BCUT2D eigenvalue weighted by Gasteiger charge is -2.42. The molecule has 0 N–H and O–H groups in total. The van der Waals surface area contributed by atoms with Crippen LogP contribution in [-0.2, 0) is 6.54 Å². The van der Waals surface area contributed by atoms with Crippen molar-refractivity contribution in [3.63, 3.8) is 0 Å². The molecule has 2 aliphatic rings. The Bertz CT molecular complexity index is 1400. The Morgan fingerprint density at radius 2 is 1.78 bits per heavy atom. The lowest BCUT2D eigenvalue weighted by molar-refractivity contribution is 0.0596. The summed E-state index contributed by atoms with van der Waals surface area (Å²) in [6, 6.07) is 19.0. The van der Waals surface area contributed by atoms with Crippen molar-refractivity contribution in [1.82, 2.24) is 19.4 Å². The van der Waals surface area contributed by atoms with Gasteiger partial charge in [-0.3, -0.25) is 14.6 Å². The summed E-state index contributed by atoms with van der Waals surface area (Å²) in [6.07, 6.45) is 4.49. The van der Waals surface area contributed by atoms with E-state index in [0.29, 0.717) is 25.2 Å². The normalized spacial score (nSPS) is 19.6. The molecule has 158 valence electrons. The Morgan fingerprint density at radius 3 is 2.66 bits per heavy atom. The number of hydrogen-bond donors (Lipinski definition) is 0. The predicted octanol–water partition coefficient (Wildman–Crippen LogP) is 3.72. The Hall–Kier alpha value is -3.80. The molecule has 1 fully saturated rings. The van der Waals surface area contributed by atoms with Crippen LogP contribution in [0.5, 0.6) is 0 Å². The maximum Gasteiger partial charge on any atom is 0.254 e. The zero-order chi connectivity index (χ0) is 21.7. The number of carbonyl (C=O) groups excluding carboxylic acids is 1. The van der Waals surface area contributed by atoms with Gasteiger partial charge in [0.25, 0.3) is 11.5 Å². The predicted molar refractivity (Wildman–Crippen MR) is 122 cm³/mol.